The lowest BCUT2D eigenvalue weighted by Gasteiger charge is -2.17. The number of esters is 1. The smallest absolute Gasteiger partial charge is 0.356 e. The van der Waals surface area contributed by atoms with E-state index in [0.29, 0.717) is 0 Å². The van der Waals surface area contributed by atoms with E-state index in [1.54, 1.807) is 6.92 Å². The number of aliphatic hydroxyl groups excluding tert-OH is 3. The predicted molar refractivity (Wildman–Crippen MR) is 81.3 cm³/mol. The van der Waals surface area contributed by atoms with E-state index < -0.39 is 54.4 Å². The van der Waals surface area contributed by atoms with Crippen molar-refractivity contribution in [1.82, 2.24) is 5.32 Å². The second kappa shape index (κ2) is 8.59. The molecule has 1 aliphatic heterocycles. The molecule has 136 valence electrons. The Morgan fingerprint density at radius 2 is 1.88 bits per heavy atom. The lowest BCUT2D eigenvalue weighted by Crippen LogP contribution is -2.47. The number of nitrogens with two attached hydrogens (primary N) is 2. The van der Waals surface area contributed by atoms with E-state index in [9.17, 15) is 19.8 Å². The highest BCUT2D eigenvalue weighted by Gasteiger charge is 2.43. The van der Waals surface area contributed by atoms with Crippen LogP contribution in [0.1, 0.15) is 6.92 Å². The molecule has 0 aromatic rings. The molecule has 1 rings (SSSR count). The summed E-state index contributed by atoms with van der Waals surface area (Å²) in [6.07, 6.45) is -5.18. The number of rotatable bonds is 6. The summed E-state index contributed by atoms with van der Waals surface area (Å²) in [5.74, 6) is -1.80. The molecule has 0 aromatic heterocycles. The van der Waals surface area contributed by atoms with Gasteiger partial charge in [0.05, 0.1) is 18.9 Å². The number of amides is 1. The Labute approximate surface area is 137 Å². The Balaban J connectivity index is 2.89. The molecule has 1 amide bonds. The zero-order valence-corrected chi connectivity index (χ0v) is 13.3. The van der Waals surface area contributed by atoms with Gasteiger partial charge in [0.1, 0.15) is 29.7 Å². The van der Waals surface area contributed by atoms with Gasteiger partial charge in [0.15, 0.2) is 6.23 Å². The van der Waals surface area contributed by atoms with Crippen molar-refractivity contribution in [2.24, 2.45) is 16.5 Å². The molecule has 1 saturated heterocycles. The highest BCUT2D eigenvalue weighted by molar-refractivity contribution is 6.45. The van der Waals surface area contributed by atoms with E-state index in [1.807, 2.05) is 0 Å². The van der Waals surface area contributed by atoms with Crippen molar-refractivity contribution >= 4 is 17.6 Å². The SMILES string of the molecule is CCOC(=O)C(N)=C(N)C(=NC)C(=O)NC1OC(CO)C(O)C1O. The number of hydrogen-bond donors (Lipinski definition) is 6. The Bertz CT molecular complexity index is 548. The fraction of sp³-hybridized carbons (Fsp3) is 0.615. The van der Waals surface area contributed by atoms with E-state index in [1.165, 1.54) is 7.05 Å². The molecular weight excluding hydrogens is 324 g/mol. The van der Waals surface area contributed by atoms with Gasteiger partial charge < -0.3 is 41.6 Å². The van der Waals surface area contributed by atoms with Gasteiger partial charge in [-0.2, -0.15) is 0 Å². The van der Waals surface area contributed by atoms with Crippen LogP contribution >= 0.6 is 0 Å². The molecule has 0 aliphatic carbocycles. The first kappa shape index (κ1) is 19.8. The van der Waals surface area contributed by atoms with Crippen LogP contribution in [0.4, 0.5) is 0 Å². The van der Waals surface area contributed by atoms with Gasteiger partial charge >= 0.3 is 5.97 Å². The standard InChI is InChI=1S/C13H22N4O7/c1-3-23-13(22)7(15)6(14)8(16-2)11(21)17-12-10(20)9(19)5(4-18)24-12/h5,9-10,12,18-20H,3-4,14-15H2,1-2H3,(H,17,21). The summed E-state index contributed by atoms with van der Waals surface area (Å²) in [5, 5.41) is 30.7. The van der Waals surface area contributed by atoms with E-state index in [-0.39, 0.29) is 12.3 Å². The number of carbonyl (C=O) groups excluding carboxylic acids is 2. The Morgan fingerprint density at radius 3 is 2.33 bits per heavy atom. The summed E-state index contributed by atoms with van der Waals surface area (Å²) >= 11 is 0. The maximum absolute atomic E-state index is 12.2. The first-order valence-electron chi connectivity index (χ1n) is 7.11. The number of aliphatic hydroxyl groups is 3. The second-order valence-corrected chi connectivity index (χ2v) is 4.85. The molecule has 11 heteroatoms. The number of aliphatic imine (C=N–C) groups is 1. The van der Waals surface area contributed by atoms with Gasteiger partial charge in [-0.1, -0.05) is 0 Å². The van der Waals surface area contributed by atoms with Crippen LogP contribution in [0.2, 0.25) is 0 Å². The molecule has 8 N–H and O–H groups in total. The summed E-state index contributed by atoms with van der Waals surface area (Å²) in [6.45, 7) is 1.10. The maximum Gasteiger partial charge on any atom is 0.356 e. The molecular formula is C13H22N4O7. The van der Waals surface area contributed by atoms with Crippen LogP contribution in [0.25, 0.3) is 0 Å². The normalized spacial score (nSPS) is 28.3. The largest absolute Gasteiger partial charge is 0.461 e. The third kappa shape index (κ3) is 4.20. The van der Waals surface area contributed by atoms with Gasteiger partial charge in [0.2, 0.25) is 0 Å². The van der Waals surface area contributed by atoms with Gasteiger partial charge in [-0.05, 0) is 6.92 Å². The number of nitrogens with one attached hydrogen (secondary N) is 1. The van der Waals surface area contributed by atoms with Crippen molar-refractivity contribution in [3.8, 4) is 0 Å². The molecule has 0 spiro atoms. The molecule has 4 atom stereocenters. The van der Waals surface area contributed by atoms with Crippen LogP contribution in [-0.4, -0.2) is 77.7 Å². The lowest BCUT2D eigenvalue weighted by atomic mass is 10.1. The average Bonchev–Trinajstić information content (AvgIpc) is 2.82. The Morgan fingerprint density at radius 1 is 1.25 bits per heavy atom. The van der Waals surface area contributed by atoms with Crippen LogP contribution in [0.5, 0.6) is 0 Å². The van der Waals surface area contributed by atoms with E-state index in [4.69, 9.17) is 21.3 Å². The number of ether oxygens (including phenoxy) is 2. The molecule has 0 saturated carbocycles. The first-order chi connectivity index (χ1) is 11.3. The summed E-state index contributed by atoms with van der Waals surface area (Å²) in [4.78, 5) is 27.4. The van der Waals surface area contributed by atoms with E-state index in [2.05, 4.69) is 15.0 Å². The zero-order chi connectivity index (χ0) is 18.4. The highest BCUT2D eigenvalue weighted by Crippen LogP contribution is 2.19. The van der Waals surface area contributed by atoms with Gasteiger partial charge in [-0.25, -0.2) is 4.79 Å². The zero-order valence-electron chi connectivity index (χ0n) is 13.3. The monoisotopic (exact) mass is 346 g/mol. The Hall–Kier alpha value is -2.21. The molecule has 1 heterocycles. The van der Waals surface area contributed by atoms with Crippen LogP contribution in [0.3, 0.4) is 0 Å². The quantitative estimate of drug-likeness (QED) is 0.160. The van der Waals surface area contributed by atoms with Crippen molar-refractivity contribution in [1.29, 1.82) is 0 Å². The summed E-state index contributed by atoms with van der Waals surface area (Å²) < 4.78 is 9.79. The van der Waals surface area contributed by atoms with Crippen molar-refractivity contribution in [2.75, 3.05) is 20.3 Å². The molecule has 24 heavy (non-hydrogen) atoms. The minimum absolute atomic E-state index is 0.0696. The molecule has 0 radical (unpaired) electrons. The minimum atomic E-state index is -1.46. The van der Waals surface area contributed by atoms with Crippen LogP contribution < -0.4 is 16.8 Å². The number of nitrogens with zero attached hydrogens (tertiary/aromatic N) is 1. The highest BCUT2D eigenvalue weighted by atomic mass is 16.6. The van der Waals surface area contributed by atoms with Gasteiger partial charge in [-0.3, -0.25) is 9.79 Å². The maximum atomic E-state index is 12.2. The molecule has 4 unspecified atom stereocenters. The fourth-order valence-electron chi connectivity index (χ4n) is 2.01. The van der Waals surface area contributed by atoms with E-state index in [0.717, 1.165) is 0 Å². The third-order valence-electron chi connectivity index (χ3n) is 3.30. The topological polar surface area (TPSA) is 190 Å². The molecule has 0 aromatic carbocycles. The van der Waals surface area contributed by atoms with Crippen molar-refractivity contribution in [3.63, 3.8) is 0 Å². The molecule has 11 nitrogen and oxygen atoms in total. The summed E-state index contributed by atoms with van der Waals surface area (Å²) in [6, 6.07) is 0. The van der Waals surface area contributed by atoms with Crippen LogP contribution in [-0.2, 0) is 19.1 Å². The predicted octanol–water partition coefficient (Wildman–Crippen LogP) is -3.70. The lowest BCUT2D eigenvalue weighted by molar-refractivity contribution is -0.138. The average molecular weight is 346 g/mol. The van der Waals surface area contributed by atoms with Crippen molar-refractivity contribution in [2.45, 2.75) is 31.5 Å². The summed E-state index contributed by atoms with van der Waals surface area (Å²) in [7, 11) is 1.25. The van der Waals surface area contributed by atoms with E-state index >= 15 is 0 Å². The second-order valence-electron chi connectivity index (χ2n) is 4.85. The molecule has 0 bridgehead atoms. The van der Waals surface area contributed by atoms with Gasteiger partial charge in [-0.15, -0.1) is 0 Å². The Kier molecular flexibility index (Phi) is 7.10. The number of carbonyl (C=O) groups is 2. The van der Waals surface area contributed by atoms with Crippen LogP contribution in [0, 0.1) is 0 Å². The number of hydrogen-bond acceptors (Lipinski definition) is 10. The first-order valence-corrected chi connectivity index (χ1v) is 7.11. The van der Waals surface area contributed by atoms with Crippen LogP contribution in [0.15, 0.2) is 16.4 Å². The van der Waals surface area contributed by atoms with Gasteiger partial charge in [0, 0.05) is 7.05 Å². The van der Waals surface area contributed by atoms with Gasteiger partial charge in [0.25, 0.3) is 5.91 Å². The molecule has 1 aliphatic rings. The minimum Gasteiger partial charge on any atom is -0.461 e. The third-order valence-corrected chi connectivity index (χ3v) is 3.30. The van der Waals surface area contributed by atoms with Crippen molar-refractivity contribution in [3.05, 3.63) is 11.4 Å². The summed E-state index contributed by atoms with van der Waals surface area (Å²) in [5.41, 5.74) is 9.92. The van der Waals surface area contributed by atoms with Crippen molar-refractivity contribution < 1.29 is 34.4 Å². The molecule has 1 fully saturated rings. The fourth-order valence-corrected chi connectivity index (χ4v) is 2.01.